The van der Waals surface area contributed by atoms with Crippen LogP contribution >= 0.6 is 11.3 Å². The standard InChI is InChI=1S/C25H25N3O2S/c1-16-11-17(2)20(18(3)12-16)13-23(29)28(15-19-7-6-10-26-14-19)25-27-24-21(30-4)8-5-9-22(24)31-25/h5-12,14H,13,15H2,1-4H3. The number of nitrogens with zero attached hydrogens (tertiary/aromatic N) is 3. The fourth-order valence-electron chi connectivity index (χ4n) is 3.86. The van der Waals surface area contributed by atoms with Gasteiger partial charge in [0.1, 0.15) is 11.3 Å². The highest BCUT2D eigenvalue weighted by molar-refractivity contribution is 7.22. The summed E-state index contributed by atoms with van der Waals surface area (Å²) < 4.78 is 6.46. The van der Waals surface area contributed by atoms with Gasteiger partial charge >= 0.3 is 0 Å². The van der Waals surface area contributed by atoms with Crippen molar-refractivity contribution in [1.82, 2.24) is 9.97 Å². The molecular weight excluding hydrogens is 406 g/mol. The smallest absolute Gasteiger partial charge is 0.233 e. The molecular formula is C25H25N3O2S. The minimum absolute atomic E-state index is 0.0110. The maximum atomic E-state index is 13.6. The number of aromatic nitrogens is 2. The number of hydrogen-bond donors (Lipinski definition) is 0. The molecule has 0 atom stereocenters. The number of carbonyl (C=O) groups excluding carboxylic acids is 1. The monoisotopic (exact) mass is 431 g/mol. The third-order valence-electron chi connectivity index (χ3n) is 5.35. The molecule has 0 unspecified atom stereocenters. The van der Waals surface area contributed by atoms with Crippen molar-refractivity contribution in [3.05, 3.63) is 82.7 Å². The summed E-state index contributed by atoms with van der Waals surface area (Å²) in [5, 5.41) is 0.663. The highest BCUT2D eigenvalue weighted by atomic mass is 32.1. The molecule has 2 aromatic heterocycles. The molecule has 0 fully saturated rings. The number of rotatable bonds is 6. The number of fused-ring (bicyclic) bond motifs is 1. The van der Waals surface area contributed by atoms with E-state index in [4.69, 9.17) is 9.72 Å². The van der Waals surface area contributed by atoms with Gasteiger partial charge in [0.2, 0.25) is 5.91 Å². The zero-order valence-corrected chi connectivity index (χ0v) is 19.0. The largest absolute Gasteiger partial charge is 0.494 e. The molecule has 2 aromatic carbocycles. The maximum absolute atomic E-state index is 13.6. The van der Waals surface area contributed by atoms with Crippen molar-refractivity contribution in [2.24, 2.45) is 0 Å². The second kappa shape index (κ2) is 8.86. The Bertz CT molecular complexity index is 1210. The Balaban J connectivity index is 1.74. The average Bonchev–Trinajstić information content (AvgIpc) is 3.19. The van der Waals surface area contributed by atoms with E-state index in [2.05, 4.69) is 37.9 Å². The Hall–Kier alpha value is -3.25. The molecule has 0 spiro atoms. The van der Waals surface area contributed by atoms with E-state index in [1.807, 2.05) is 30.3 Å². The summed E-state index contributed by atoms with van der Waals surface area (Å²) >= 11 is 1.50. The van der Waals surface area contributed by atoms with Crippen molar-refractivity contribution in [3.63, 3.8) is 0 Å². The number of methoxy groups -OCH3 is 1. The van der Waals surface area contributed by atoms with Crippen molar-refractivity contribution >= 4 is 32.6 Å². The highest BCUT2D eigenvalue weighted by Crippen LogP contribution is 2.35. The first-order valence-electron chi connectivity index (χ1n) is 10.2. The van der Waals surface area contributed by atoms with Crippen LogP contribution in [0.4, 0.5) is 5.13 Å². The number of pyridine rings is 1. The fourth-order valence-corrected chi connectivity index (χ4v) is 4.86. The van der Waals surface area contributed by atoms with Crippen LogP contribution < -0.4 is 9.64 Å². The van der Waals surface area contributed by atoms with Gasteiger partial charge in [0, 0.05) is 12.4 Å². The van der Waals surface area contributed by atoms with E-state index in [1.54, 1.807) is 24.4 Å². The zero-order chi connectivity index (χ0) is 22.0. The van der Waals surface area contributed by atoms with Crippen molar-refractivity contribution < 1.29 is 9.53 Å². The molecule has 0 aliphatic rings. The molecule has 31 heavy (non-hydrogen) atoms. The molecule has 0 saturated heterocycles. The van der Waals surface area contributed by atoms with Crippen LogP contribution in [-0.4, -0.2) is 23.0 Å². The molecule has 0 aliphatic carbocycles. The second-order valence-electron chi connectivity index (χ2n) is 7.70. The number of anilines is 1. The first-order chi connectivity index (χ1) is 15.0. The molecule has 4 aromatic rings. The van der Waals surface area contributed by atoms with E-state index in [0.29, 0.717) is 23.8 Å². The number of thiazole rings is 1. The van der Waals surface area contributed by atoms with Gasteiger partial charge in [0.25, 0.3) is 0 Å². The molecule has 0 N–H and O–H groups in total. The summed E-state index contributed by atoms with van der Waals surface area (Å²) in [5.74, 6) is 0.718. The van der Waals surface area contributed by atoms with Gasteiger partial charge in [-0.1, -0.05) is 41.2 Å². The average molecular weight is 432 g/mol. The van der Waals surface area contributed by atoms with Gasteiger partial charge in [-0.25, -0.2) is 4.98 Å². The van der Waals surface area contributed by atoms with Gasteiger partial charge in [0.15, 0.2) is 5.13 Å². The molecule has 0 bridgehead atoms. The lowest BCUT2D eigenvalue weighted by atomic mass is 9.97. The van der Waals surface area contributed by atoms with Crippen LogP contribution in [-0.2, 0) is 17.8 Å². The summed E-state index contributed by atoms with van der Waals surface area (Å²) in [7, 11) is 1.63. The molecule has 4 rings (SSSR count). The molecule has 6 heteroatoms. The van der Waals surface area contributed by atoms with Crippen LogP contribution in [0.1, 0.15) is 27.8 Å². The Kier molecular flexibility index (Phi) is 6.00. The lowest BCUT2D eigenvalue weighted by molar-refractivity contribution is -0.118. The van der Waals surface area contributed by atoms with E-state index in [1.165, 1.54) is 16.9 Å². The van der Waals surface area contributed by atoms with Gasteiger partial charge < -0.3 is 4.74 Å². The van der Waals surface area contributed by atoms with Crippen LogP contribution in [0.3, 0.4) is 0 Å². The van der Waals surface area contributed by atoms with Gasteiger partial charge in [-0.05, 0) is 61.2 Å². The van der Waals surface area contributed by atoms with Crippen LogP contribution in [0.2, 0.25) is 0 Å². The number of aryl methyl sites for hydroxylation is 3. The van der Waals surface area contributed by atoms with E-state index >= 15 is 0 Å². The molecule has 5 nitrogen and oxygen atoms in total. The normalized spacial score (nSPS) is 11.0. The van der Waals surface area contributed by atoms with Crippen molar-refractivity contribution in [2.45, 2.75) is 33.7 Å². The molecule has 2 heterocycles. The van der Waals surface area contributed by atoms with Gasteiger partial charge in [-0.2, -0.15) is 0 Å². The molecule has 158 valence electrons. The topological polar surface area (TPSA) is 55.3 Å². The number of amides is 1. The predicted molar refractivity (Wildman–Crippen MR) is 126 cm³/mol. The Morgan fingerprint density at radius 1 is 1.10 bits per heavy atom. The SMILES string of the molecule is COc1cccc2sc(N(Cc3cccnc3)C(=O)Cc3c(C)cc(C)cc3C)nc12. The van der Waals surface area contributed by atoms with E-state index in [9.17, 15) is 4.79 Å². The third kappa shape index (κ3) is 4.44. The fraction of sp³-hybridized carbons (Fsp3) is 0.240. The van der Waals surface area contributed by atoms with E-state index < -0.39 is 0 Å². The van der Waals surface area contributed by atoms with Crippen molar-refractivity contribution in [2.75, 3.05) is 12.0 Å². The van der Waals surface area contributed by atoms with Crippen LogP contribution in [0, 0.1) is 20.8 Å². The first-order valence-corrected chi connectivity index (χ1v) is 11.0. The van der Waals surface area contributed by atoms with Crippen LogP contribution in [0.15, 0.2) is 54.9 Å². The lowest BCUT2D eigenvalue weighted by Gasteiger charge is -2.21. The molecule has 0 aliphatic heterocycles. The summed E-state index contributed by atoms with van der Waals surface area (Å²) in [4.78, 5) is 24.3. The molecule has 1 amide bonds. The Labute approximate surface area is 186 Å². The van der Waals surface area contributed by atoms with Crippen molar-refractivity contribution in [1.29, 1.82) is 0 Å². The highest BCUT2D eigenvalue weighted by Gasteiger charge is 2.23. The second-order valence-corrected chi connectivity index (χ2v) is 8.71. The molecule has 0 radical (unpaired) electrons. The van der Waals surface area contributed by atoms with Gasteiger partial charge in [0.05, 0.1) is 24.8 Å². The first kappa shape index (κ1) is 21.0. The number of benzene rings is 2. The summed E-state index contributed by atoms with van der Waals surface area (Å²) in [6.45, 7) is 6.63. The number of hydrogen-bond acceptors (Lipinski definition) is 5. The summed E-state index contributed by atoms with van der Waals surface area (Å²) in [5.41, 5.74) is 6.29. The lowest BCUT2D eigenvalue weighted by Crippen LogP contribution is -2.32. The Morgan fingerprint density at radius 2 is 1.87 bits per heavy atom. The van der Waals surface area contributed by atoms with Crippen molar-refractivity contribution in [3.8, 4) is 5.75 Å². The minimum atomic E-state index is 0.0110. The number of para-hydroxylation sites is 1. The molecule has 0 saturated carbocycles. The quantitative estimate of drug-likeness (QED) is 0.410. The number of carbonyl (C=O) groups is 1. The van der Waals surface area contributed by atoms with Gasteiger partial charge in [-0.15, -0.1) is 0 Å². The number of ether oxygens (including phenoxy) is 1. The zero-order valence-electron chi connectivity index (χ0n) is 18.2. The summed E-state index contributed by atoms with van der Waals surface area (Å²) in [6, 6.07) is 13.9. The Morgan fingerprint density at radius 3 is 2.55 bits per heavy atom. The summed E-state index contributed by atoms with van der Waals surface area (Å²) in [6.07, 6.45) is 3.85. The maximum Gasteiger partial charge on any atom is 0.233 e. The van der Waals surface area contributed by atoms with E-state index in [-0.39, 0.29) is 5.91 Å². The minimum Gasteiger partial charge on any atom is -0.494 e. The van der Waals surface area contributed by atoms with Crippen LogP contribution in [0.5, 0.6) is 5.75 Å². The predicted octanol–water partition coefficient (Wildman–Crippen LogP) is 5.40. The van der Waals surface area contributed by atoms with E-state index in [0.717, 1.165) is 32.5 Å². The van der Waals surface area contributed by atoms with Gasteiger partial charge in [-0.3, -0.25) is 14.7 Å². The van der Waals surface area contributed by atoms with Crippen LogP contribution in [0.25, 0.3) is 10.2 Å². The third-order valence-corrected chi connectivity index (χ3v) is 6.40.